The number of halogens is 1. The van der Waals surface area contributed by atoms with Gasteiger partial charge in [-0.25, -0.2) is 5.10 Å². The van der Waals surface area contributed by atoms with E-state index in [1.54, 1.807) is 19.1 Å². The Hall–Kier alpha value is -1.81. The minimum atomic E-state index is -0.290. The molecule has 2 N–H and O–H groups in total. The number of aromatic amines is 1. The van der Waals surface area contributed by atoms with Crippen LogP contribution in [0, 0.1) is 6.92 Å². The van der Waals surface area contributed by atoms with E-state index < -0.39 is 0 Å². The maximum Gasteiger partial charge on any atom is 0.264 e. The van der Waals surface area contributed by atoms with E-state index in [0.29, 0.717) is 16.3 Å². The third-order valence-corrected chi connectivity index (χ3v) is 2.64. The van der Waals surface area contributed by atoms with Gasteiger partial charge < -0.3 is 5.11 Å². The van der Waals surface area contributed by atoms with Gasteiger partial charge in [0.05, 0.1) is 5.69 Å². The third kappa shape index (κ3) is 1.92. The molecule has 0 saturated heterocycles. The molecule has 0 fully saturated rings. The summed E-state index contributed by atoms with van der Waals surface area (Å²) < 4.78 is 0. The molecule has 1 aromatic heterocycles. The highest BCUT2D eigenvalue weighted by molar-refractivity contribution is 6.31. The average Bonchev–Trinajstić information content (AvgIpc) is 2.25. The van der Waals surface area contributed by atoms with Crippen molar-refractivity contribution in [2.45, 2.75) is 6.92 Å². The number of aromatic hydroxyl groups is 1. The van der Waals surface area contributed by atoms with Gasteiger partial charge >= 0.3 is 0 Å². The number of nitrogens with one attached hydrogen (secondary N) is 1. The number of benzene rings is 1. The molecule has 16 heavy (non-hydrogen) atoms. The molecule has 2 aromatic rings. The molecule has 0 atom stereocenters. The van der Waals surface area contributed by atoms with Crippen LogP contribution >= 0.6 is 11.6 Å². The second-order valence-electron chi connectivity index (χ2n) is 3.42. The molecule has 0 bridgehead atoms. The van der Waals surface area contributed by atoms with Crippen molar-refractivity contribution in [1.82, 2.24) is 10.2 Å². The molecule has 1 aromatic carbocycles. The molecule has 2 rings (SSSR count). The SMILES string of the molecule is Cc1cc(O)c(-c2ccc(=O)[nH]n2)cc1Cl. The molecule has 0 radical (unpaired) electrons. The van der Waals surface area contributed by atoms with Gasteiger partial charge in [-0.2, -0.15) is 5.10 Å². The quantitative estimate of drug-likeness (QED) is 0.797. The van der Waals surface area contributed by atoms with Crippen LogP contribution in [0.25, 0.3) is 11.3 Å². The third-order valence-electron chi connectivity index (χ3n) is 2.23. The number of nitrogens with zero attached hydrogens (tertiary/aromatic N) is 1. The van der Waals surface area contributed by atoms with Crippen molar-refractivity contribution < 1.29 is 5.11 Å². The number of phenolic OH excluding ortho intramolecular Hbond substituents is 1. The van der Waals surface area contributed by atoms with Crippen LogP contribution in [-0.4, -0.2) is 15.3 Å². The van der Waals surface area contributed by atoms with Crippen molar-refractivity contribution in [2.24, 2.45) is 0 Å². The lowest BCUT2D eigenvalue weighted by atomic mass is 10.1. The number of hydrogen-bond donors (Lipinski definition) is 2. The molecule has 0 spiro atoms. The molecular weight excluding hydrogens is 228 g/mol. The van der Waals surface area contributed by atoms with E-state index in [2.05, 4.69) is 10.2 Å². The Morgan fingerprint density at radius 1 is 1.38 bits per heavy atom. The summed E-state index contributed by atoms with van der Waals surface area (Å²) in [6.45, 7) is 1.80. The molecule has 0 aliphatic rings. The highest BCUT2D eigenvalue weighted by atomic mass is 35.5. The Morgan fingerprint density at radius 2 is 2.12 bits per heavy atom. The summed E-state index contributed by atoms with van der Waals surface area (Å²) in [5.74, 6) is 0.0847. The summed E-state index contributed by atoms with van der Waals surface area (Å²) in [5, 5.41) is 16.4. The summed E-state index contributed by atoms with van der Waals surface area (Å²) in [6, 6.07) is 6.05. The lowest BCUT2D eigenvalue weighted by Gasteiger charge is -2.06. The molecule has 0 unspecified atom stereocenters. The molecule has 1 heterocycles. The van der Waals surface area contributed by atoms with Gasteiger partial charge in [-0.1, -0.05) is 11.6 Å². The molecular formula is C11H9ClN2O2. The first-order chi connectivity index (χ1) is 7.58. The van der Waals surface area contributed by atoms with Crippen LogP contribution in [0.3, 0.4) is 0 Å². The fraction of sp³-hybridized carbons (Fsp3) is 0.0909. The van der Waals surface area contributed by atoms with Gasteiger partial charge in [-0.3, -0.25) is 4.79 Å². The van der Waals surface area contributed by atoms with E-state index in [-0.39, 0.29) is 11.3 Å². The summed E-state index contributed by atoms with van der Waals surface area (Å²) in [4.78, 5) is 10.9. The van der Waals surface area contributed by atoms with Crippen LogP contribution in [0.1, 0.15) is 5.56 Å². The van der Waals surface area contributed by atoms with Crippen LogP contribution in [0.15, 0.2) is 29.1 Å². The van der Waals surface area contributed by atoms with Crippen LogP contribution in [-0.2, 0) is 0 Å². The standard InChI is InChI=1S/C11H9ClN2O2/c1-6-4-10(15)7(5-8(6)12)9-2-3-11(16)14-13-9/h2-5,15H,1H3,(H,14,16). The Balaban J connectivity index is 2.60. The van der Waals surface area contributed by atoms with Crippen LogP contribution < -0.4 is 5.56 Å². The lowest BCUT2D eigenvalue weighted by Crippen LogP contribution is -2.05. The summed E-state index contributed by atoms with van der Waals surface area (Å²) in [7, 11) is 0. The number of H-pyrrole nitrogens is 1. The summed E-state index contributed by atoms with van der Waals surface area (Å²) in [6.07, 6.45) is 0. The Kier molecular flexibility index (Phi) is 2.66. The molecule has 0 amide bonds. The lowest BCUT2D eigenvalue weighted by molar-refractivity contribution is 0.476. The van der Waals surface area contributed by atoms with Crippen LogP contribution in [0.4, 0.5) is 0 Å². The van der Waals surface area contributed by atoms with E-state index in [9.17, 15) is 9.90 Å². The van der Waals surface area contributed by atoms with Gasteiger partial charge in [0.25, 0.3) is 5.56 Å². The summed E-state index contributed by atoms with van der Waals surface area (Å²) in [5.41, 5.74) is 1.46. The highest BCUT2D eigenvalue weighted by Gasteiger charge is 2.08. The number of rotatable bonds is 1. The van der Waals surface area contributed by atoms with E-state index >= 15 is 0 Å². The Labute approximate surface area is 96.5 Å². The first kappa shape index (κ1) is 10.7. The van der Waals surface area contributed by atoms with Crippen molar-refractivity contribution in [3.63, 3.8) is 0 Å². The van der Waals surface area contributed by atoms with E-state index in [1.807, 2.05) is 0 Å². The predicted octanol–water partition coefficient (Wildman–Crippen LogP) is 2.10. The fourth-order valence-corrected chi connectivity index (χ4v) is 1.53. The van der Waals surface area contributed by atoms with Crippen molar-refractivity contribution in [3.8, 4) is 17.0 Å². The topological polar surface area (TPSA) is 66.0 Å². The molecule has 0 aliphatic heterocycles. The molecule has 0 aliphatic carbocycles. The van der Waals surface area contributed by atoms with Gasteiger partial charge in [0.2, 0.25) is 0 Å². The van der Waals surface area contributed by atoms with Crippen molar-refractivity contribution in [2.75, 3.05) is 0 Å². The van der Waals surface area contributed by atoms with Crippen molar-refractivity contribution in [3.05, 3.63) is 45.2 Å². The van der Waals surface area contributed by atoms with Crippen molar-refractivity contribution >= 4 is 11.6 Å². The van der Waals surface area contributed by atoms with Gasteiger partial charge in [-0.15, -0.1) is 0 Å². The Bertz CT molecular complexity index is 573. The molecule has 0 saturated carbocycles. The van der Waals surface area contributed by atoms with Gasteiger partial charge in [0.1, 0.15) is 5.75 Å². The maximum atomic E-state index is 10.9. The predicted molar refractivity (Wildman–Crippen MR) is 61.7 cm³/mol. The second kappa shape index (κ2) is 3.98. The smallest absolute Gasteiger partial charge is 0.264 e. The van der Waals surface area contributed by atoms with E-state index in [0.717, 1.165) is 5.56 Å². The number of phenols is 1. The summed E-state index contributed by atoms with van der Waals surface area (Å²) >= 11 is 5.96. The minimum Gasteiger partial charge on any atom is -0.507 e. The van der Waals surface area contributed by atoms with E-state index in [4.69, 9.17) is 11.6 Å². The number of hydrogen-bond acceptors (Lipinski definition) is 3. The Morgan fingerprint density at radius 3 is 2.75 bits per heavy atom. The van der Waals surface area contributed by atoms with Gasteiger partial charge in [0.15, 0.2) is 0 Å². The second-order valence-corrected chi connectivity index (χ2v) is 3.83. The molecule has 82 valence electrons. The monoisotopic (exact) mass is 236 g/mol. The van der Waals surface area contributed by atoms with Crippen LogP contribution in [0.2, 0.25) is 5.02 Å². The minimum absolute atomic E-state index is 0.0847. The van der Waals surface area contributed by atoms with E-state index in [1.165, 1.54) is 12.1 Å². The van der Waals surface area contributed by atoms with Gasteiger partial charge in [-0.05, 0) is 30.7 Å². The average molecular weight is 237 g/mol. The maximum absolute atomic E-state index is 10.9. The van der Waals surface area contributed by atoms with Gasteiger partial charge in [0, 0.05) is 16.7 Å². The first-order valence-corrected chi connectivity index (χ1v) is 5.01. The number of aryl methyl sites for hydroxylation is 1. The zero-order valence-corrected chi connectivity index (χ0v) is 9.25. The normalized spacial score (nSPS) is 10.4. The zero-order valence-electron chi connectivity index (χ0n) is 8.49. The highest BCUT2D eigenvalue weighted by Crippen LogP contribution is 2.32. The molecule has 4 nitrogen and oxygen atoms in total. The first-order valence-electron chi connectivity index (χ1n) is 4.63. The van der Waals surface area contributed by atoms with Crippen LogP contribution in [0.5, 0.6) is 5.75 Å². The fourth-order valence-electron chi connectivity index (χ4n) is 1.37. The van der Waals surface area contributed by atoms with Crippen molar-refractivity contribution in [1.29, 1.82) is 0 Å². The number of aromatic nitrogens is 2. The zero-order chi connectivity index (χ0) is 11.7. The molecule has 5 heteroatoms. The largest absolute Gasteiger partial charge is 0.507 e.